The van der Waals surface area contributed by atoms with Gasteiger partial charge in [0, 0.05) is 5.56 Å². The minimum absolute atomic E-state index is 1.04. The molecule has 0 radical (unpaired) electrons. The molecule has 0 saturated carbocycles. The van der Waals surface area contributed by atoms with Gasteiger partial charge in [-0.05, 0) is 0 Å². The fraction of sp³-hybridized carbons (Fsp3) is 0.0769. The Morgan fingerprint density at radius 2 is 0.696 bits per heavy atom. The van der Waals surface area contributed by atoms with Crippen molar-refractivity contribution < 1.29 is 39.5 Å². The molecule has 2 aromatic carbocycles. The van der Waals surface area contributed by atoms with Crippen LogP contribution in [0.1, 0.15) is 5.56 Å². The van der Waals surface area contributed by atoms with Gasteiger partial charge in [0.15, 0.2) is 46.5 Å². The number of rotatable bonds is 2. The number of benzene rings is 2. The van der Waals surface area contributed by atoms with Gasteiger partial charge in [0.2, 0.25) is 5.82 Å². The summed E-state index contributed by atoms with van der Waals surface area (Å²) in [6.07, 6.45) is 0. The lowest BCUT2D eigenvalue weighted by Crippen LogP contribution is -2.10. The van der Waals surface area contributed by atoms with E-state index in [1.54, 1.807) is 0 Å². The molecule has 0 unspecified atom stereocenters. The van der Waals surface area contributed by atoms with Crippen LogP contribution in [0.4, 0.5) is 39.5 Å². The molecular formula is C13H2ClF9. The van der Waals surface area contributed by atoms with Crippen molar-refractivity contribution in [2.45, 2.75) is 5.88 Å². The van der Waals surface area contributed by atoms with Crippen LogP contribution < -0.4 is 0 Å². The molecule has 0 aliphatic heterocycles. The summed E-state index contributed by atoms with van der Waals surface area (Å²) in [4.78, 5) is 0. The lowest BCUT2D eigenvalue weighted by molar-refractivity contribution is 0.379. The van der Waals surface area contributed by atoms with Crippen molar-refractivity contribution >= 4 is 11.6 Å². The fourth-order valence-corrected chi connectivity index (χ4v) is 2.07. The lowest BCUT2D eigenvalue weighted by atomic mass is 9.99. The van der Waals surface area contributed by atoms with Crippen molar-refractivity contribution in [1.29, 1.82) is 0 Å². The first-order valence-electron chi connectivity index (χ1n) is 5.57. The van der Waals surface area contributed by atoms with E-state index in [1.807, 2.05) is 0 Å². The zero-order valence-corrected chi connectivity index (χ0v) is 11.2. The summed E-state index contributed by atoms with van der Waals surface area (Å²) in [5, 5.41) is 0. The molecule has 0 N–H and O–H groups in total. The minimum Gasteiger partial charge on any atom is -0.203 e. The molecule has 0 heterocycles. The van der Waals surface area contributed by atoms with Gasteiger partial charge in [0.1, 0.15) is 0 Å². The third-order valence-electron chi connectivity index (χ3n) is 2.95. The Labute approximate surface area is 127 Å². The van der Waals surface area contributed by atoms with E-state index in [4.69, 9.17) is 11.6 Å². The Hall–Kier alpha value is -1.90. The highest BCUT2D eigenvalue weighted by Crippen LogP contribution is 2.37. The minimum atomic E-state index is -2.61. The predicted octanol–water partition coefficient (Wildman–Crippen LogP) is 5.34. The van der Waals surface area contributed by atoms with Gasteiger partial charge in [-0.15, -0.1) is 11.6 Å². The van der Waals surface area contributed by atoms with Gasteiger partial charge in [0.25, 0.3) is 0 Å². The first-order valence-corrected chi connectivity index (χ1v) is 6.11. The van der Waals surface area contributed by atoms with Gasteiger partial charge in [-0.2, -0.15) is 0 Å². The average Bonchev–Trinajstić information content (AvgIpc) is 2.53. The highest BCUT2D eigenvalue weighted by Gasteiger charge is 2.33. The Kier molecular flexibility index (Phi) is 4.52. The maximum absolute atomic E-state index is 13.8. The van der Waals surface area contributed by atoms with Crippen LogP contribution >= 0.6 is 11.6 Å². The lowest BCUT2D eigenvalue weighted by Gasteiger charge is -2.13. The predicted molar refractivity (Wildman–Crippen MR) is 61.1 cm³/mol. The maximum atomic E-state index is 13.8. The van der Waals surface area contributed by atoms with Gasteiger partial charge in [-0.25, -0.2) is 39.5 Å². The standard InChI is InChI=1S/C13H2ClF9/c14-1-2-5(15)7(17)3(8(18)6(2)16)4-9(19)11(21)13(23)12(22)10(4)20/h1H2. The second-order valence-corrected chi connectivity index (χ2v) is 4.46. The van der Waals surface area contributed by atoms with Crippen molar-refractivity contribution in [3.63, 3.8) is 0 Å². The van der Waals surface area contributed by atoms with Gasteiger partial charge in [-0.1, -0.05) is 0 Å². The van der Waals surface area contributed by atoms with Crippen molar-refractivity contribution in [1.82, 2.24) is 0 Å². The molecule has 0 aliphatic carbocycles. The van der Waals surface area contributed by atoms with Crippen molar-refractivity contribution in [2.24, 2.45) is 0 Å². The Bertz CT molecular complexity index is 758. The molecule has 0 saturated heterocycles. The highest BCUT2D eigenvalue weighted by atomic mass is 35.5. The van der Waals surface area contributed by atoms with E-state index in [2.05, 4.69) is 0 Å². The number of alkyl halides is 1. The molecule has 0 aromatic heterocycles. The summed E-state index contributed by atoms with van der Waals surface area (Å²) < 4.78 is 121. The molecular weight excluding hydrogens is 363 g/mol. The molecule has 10 heteroatoms. The van der Waals surface area contributed by atoms with Gasteiger partial charge in [0.05, 0.1) is 17.0 Å². The highest BCUT2D eigenvalue weighted by molar-refractivity contribution is 6.17. The normalized spacial score (nSPS) is 11.2. The van der Waals surface area contributed by atoms with E-state index in [0.29, 0.717) is 0 Å². The van der Waals surface area contributed by atoms with E-state index in [-0.39, 0.29) is 0 Å². The first-order chi connectivity index (χ1) is 10.6. The molecule has 0 fully saturated rings. The van der Waals surface area contributed by atoms with E-state index < -0.39 is 74.9 Å². The zero-order valence-electron chi connectivity index (χ0n) is 10.5. The third kappa shape index (κ3) is 2.43. The largest absolute Gasteiger partial charge is 0.203 e. The zero-order chi connectivity index (χ0) is 17.6. The topological polar surface area (TPSA) is 0 Å². The SMILES string of the molecule is Fc1c(F)c(F)c(-c2c(F)c(F)c(CCl)c(F)c2F)c(F)c1F. The van der Waals surface area contributed by atoms with Gasteiger partial charge >= 0.3 is 0 Å². The molecule has 124 valence electrons. The van der Waals surface area contributed by atoms with Crippen molar-refractivity contribution in [2.75, 3.05) is 0 Å². The number of hydrogen-bond acceptors (Lipinski definition) is 0. The van der Waals surface area contributed by atoms with Crippen LogP contribution in [0.15, 0.2) is 0 Å². The molecule has 2 aromatic rings. The molecule has 0 amide bonds. The Morgan fingerprint density at radius 3 is 1.00 bits per heavy atom. The van der Waals surface area contributed by atoms with Gasteiger partial charge < -0.3 is 0 Å². The first kappa shape index (κ1) is 17.5. The van der Waals surface area contributed by atoms with Crippen LogP contribution in [0.2, 0.25) is 0 Å². The molecule has 0 spiro atoms. The molecule has 0 nitrogen and oxygen atoms in total. The molecule has 2 rings (SSSR count). The molecule has 0 aliphatic rings. The summed E-state index contributed by atoms with van der Waals surface area (Å²) in [6, 6.07) is 0. The van der Waals surface area contributed by atoms with Crippen molar-refractivity contribution in [3.8, 4) is 11.1 Å². The third-order valence-corrected chi connectivity index (χ3v) is 3.21. The van der Waals surface area contributed by atoms with Crippen LogP contribution in [0.3, 0.4) is 0 Å². The molecule has 0 bridgehead atoms. The molecule has 0 atom stereocenters. The summed E-state index contributed by atoms with van der Waals surface area (Å²) in [6.45, 7) is 0. The van der Waals surface area contributed by atoms with Gasteiger partial charge in [-0.3, -0.25) is 0 Å². The Morgan fingerprint density at radius 1 is 0.435 bits per heavy atom. The van der Waals surface area contributed by atoms with Crippen molar-refractivity contribution in [3.05, 3.63) is 57.9 Å². The smallest absolute Gasteiger partial charge is 0.200 e. The fourth-order valence-electron chi connectivity index (χ4n) is 1.84. The van der Waals surface area contributed by atoms with Crippen LogP contribution in [0.25, 0.3) is 11.1 Å². The van der Waals surface area contributed by atoms with Crippen LogP contribution in [0, 0.1) is 52.4 Å². The van der Waals surface area contributed by atoms with E-state index >= 15 is 0 Å². The van der Waals surface area contributed by atoms with E-state index in [0.717, 1.165) is 0 Å². The number of hydrogen-bond donors (Lipinski definition) is 0. The summed E-state index contributed by atoms with van der Waals surface area (Å²) in [7, 11) is 0. The number of halogens is 10. The molecule has 23 heavy (non-hydrogen) atoms. The van der Waals surface area contributed by atoms with Crippen LogP contribution in [-0.4, -0.2) is 0 Å². The van der Waals surface area contributed by atoms with E-state index in [1.165, 1.54) is 0 Å². The summed E-state index contributed by atoms with van der Waals surface area (Å²) in [5.41, 5.74) is -5.49. The second-order valence-electron chi connectivity index (χ2n) is 4.19. The summed E-state index contributed by atoms with van der Waals surface area (Å²) in [5.74, 6) is -22.9. The average molecular weight is 365 g/mol. The maximum Gasteiger partial charge on any atom is 0.200 e. The Balaban J connectivity index is 3.01. The summed E-state index contributed by atoms with van der Waals surface area (Å²) >= 11 is 5.08. The van der Waals surface area contributed by atoms with E-state index in [9.17, 15) is 39.5 Å². The van der Waals surface area contributed by atoms with Crippen LogP contribution in [-0.2, 0) is 5.88 Å². The monoisotopic (exact) mass is 364 g/mol. The second kappa shape index (κ2) is 5.95. The quantitative estimate of drug-likeness (QED) is 0.292. The van der Waals surface area contributed by atoms with Crippen LogP contribution in [0.5, 0.6) is 0 Å².